The Balaban J connectivity index is 0.00000480. The number of sulfone groups is 1. The lowest BCUT2D eigenvalue weighted by Gasteiger charge is -2.36. The minimum absolute atomic E-state index is 0. The average Bonchev–Trinajstić information content (AvgIpc) is 2.70. The molecule has 0 amide bonds. The van der Waals surface area contributed by atoms with E-state index in [1.165, 1.54) is 17.5 Å². The molecule has 0 aliphatic carbocycles. The zero-order chi connectivity index (χ0) is 22.0. The second kappa shape index (κ2) is 14.2. The van der Waals surface area contributed by atoms with Crippen LogP contribution in [0.25, 0.3) is 0 Å². The molecule has 1 aromatic carbocycles. The molecule has 2 rings (SSSR count). The second-order valence-corrected chi connectivity index (χ2v) is 10.5. The van der Waals surface area contributed by atoms with E-state index in [1.807, 2.05) is 13.8 Å². The topological polar surface area (TPSA) is 77.0 Å². The molecule has 0 bridgehead atoms. The number of hydrogen-bond acceptors (Lipinski definition) is 5. The van der Waals surface area contributed by atoms with E-state index in [0.717, 1.165) is 58.2 Å². The highest BCUT2D eigenvalue weighted by Gasteiger charge is 2.16. The summed E-state index contributed by atoms with van der Waals surface area (Å²) < 4.78 is 22.7. The largest absolute Gasteiger partial charge is 0.369 e. The highest BCUT2D eigenvalue weighted by Crippen LogP contribution is 2.17. The molecule has 1 unspecified atom stereocenters. The molecule has 1 aromatic rings. The van der Waals surface area contributed by atoms with Crippen LogP contribution in [-0.4, -0.2) is 83.1 Å². The number of aliphatic imine (C=N–C) groups is 1. The van der Waals surface area contributed by atoms with Crippen LogP contribution < -0.4 is 15.5 Å². The minimum Gasteiger partial charge on any atom is -0.369 e. The van der Waals surface area contributed by atoms with Gasteiger partial charge in [-0.05, 0) is 51.3 Å². The Morgan fingerprint density at radius 1 is 1.23 bits per heavy atom. The Morgan fingerprint density at radius 3 is 2.55 bits per heavy atom. The maximum Gasteiger partial charge on any atom is 0.191 e. The van der Waals surface area contributed by atoms with Gasteiger partial charge in [0.25, 0.3) is 0 Å². The summed E-state index contributed by atoms with van der Waals surface area (Å²) in [5.41, 5.74) is 2.63. The number of aryl methyl sites for hydroxylation is 1. The third-order valence-corrected chi connectivity index (χ3v) is 6.27. The highest BCUT2D eigenvalue weighted by molar-refractivity contribution is 14.0. The number of nitrogens with one attached hydrogen (secondary N) is 2. The molecular weight excluding hydrogens is 525 g/mol. The molecule has 1 aliphatic heterocycles. The molecular formula is C22H40IN5O2S. The summed E-state index contributed by atoms with van der Waals surface area (Å²) in [6, 6.07) is 8.79. The molecule has 0 aromatic heterocycles. The van der Waals surface area contributed by atoms with Gasteiger partial charge in [0.05, 0.1) is 5.75 Å². The molecule has 9 heteroatoms. The molecule has 7 nitrogen and oxygen atoms in total. The van der Waals surface area contributed by atoms with Gasteiger partial charge in [0, 0.05) is 63.8 Å². The number of benzene rings is 1. The van der Waals surface area contributed by atoms with Gasteiger partial charge in [-0.2, -0.15) is 0 Å². The van der Waals surface area contributed by atoms with E-state index in [2.05, 4.69) is 56.6 Å². The molecule has 0 spiro atoms. The van der Waals surface area contributed by atoms with Gasteiger partial charge in [-0.1, -0.05) is 12.1 Å². The summed E-state index contributed by atoms with van der Waals surface area (Å²) in [5, 5.41) is 6.56. The third-order valence-electron chi connectivity index (χ3n) is 5.29. The smallest absolute Gasteiger partial charge is 0.191 e. The molecule has 1 aliphatic rings. The standard InChI is InChI=1S/C22H39N5O2S.HI/c1-5-23-22(25-20(3)10-17-30(4,28)29)24-11-7-12-26-13-15-27(16-14-26)21-9-6-8-19(2)18-21;/h6,8-9,18,20H,5,7,10-17H2,1-4H3,(H2,23,24,25);1H. The first kappa shape index (κ1) is 28.0. The van der Waals surface area contributed by atoms with Crippen molar-refractivity contribution in [2.45, 2.75) is 39.7 Å². The van der Waals surface area contributed by atoms with Crippen molar-refractivity contribution in [3.8, 4) is 0 Å². The number of nitrogens with zero attached hydrogens (tertiary/aromatic N) is 3. The van der Waals surface area contributed by atoms with Gasteiger partial charge in [-0.15, -0.1) is 24.0 Å². The van der Waals surface area contributed by atoms with E-state index >= 15 is 0 Å². The second-order valence-electron chi connectivity index (χ2n) is 8.25. The van der Waals surface area contributed by atoms with Crippen molar-refractivity contribution in [3.63, 3.8) is 0 Å². The summed E-state index contributed by atoms with van der Waals surface area (Å²) in [4.78, 5) is 9.64. The maximum absolute atomic E-state index is 11.3. The van der Waals surface area contributed by atoms with Crippen molar-refractivity contribution in [2.24, 2.45) is 4.99 Å². The number of rotatable bonds is 10. The van der Waals surface area contributed by atoms with Gasteiger partial charge in [0.15, 0.2) is 5.96 Å². The lowest BCUT2D eigenvalue weighted by Crippen LogP contribution is -2.46. The van der Waals surface area contributed by atoms with Crippen molar-refractivity contribution in [2.75, 3.05) is 62.7 Å². The van der Waals surface area contributed by atoms with Crippen molar-refractivity contribution in [1.29, 1.82) is 0 Å². The van der Waals surface area contributed by atoms with Crippen LogP contribution in [0.3, 0.4) is 0 Å². The Hall–Kier alpha value is -1.07. The highest BCUT2D eigenvalue weighted by atomic mass is 127. The fourth-order valence-corrected chi connectivity index (χ4v) is 4.34. The van der Waals surface area contributed by atoms with Crippen LogP contribution in [0.4, 0.5) is 5.69 Å². The number of piperazine rings is 1. The van der Waals surface area contributed by atoms with Crippen molar-refractivity contribution < 1.29 is 8.42 Å². The molecule has 1 heterocycles. The van der Waals surface area contributed by atoms with E-state index in [4.69, 9.17) is 0 Å². The van der Waals surface area contributed by atoms with E-state index < -0.39 is 9.84 Å². The molecule has 31 heavy (non-hydrogen) atoms. The van der Waals surface area contributed by atoms with Crippen molar-refractivity contribution >= 4 is 45.5 Å². The summed E-state index contributed by atoms with van der Waals surface area (Å²) in [5.74, 6) is 0.956. The van der Waals surface area contributed by atoms with Crippen LogP contribution in [0.2, 0.25) is 0 Å². The van der Waals surface area contributed by atoms with Crippen LogP contribution in [0, 0.1) is 6.92 Å². The molecule has 0 saturated carbocycles. The van der Waals surface area contributed by atoms with Gasteiger partial charge in [-0.3, -0.25) is 9.89 Å². The normalized spacial score (nSPS) is 16.5. The number of anilines is 1. The van der Waals surface area contributed by atoms with Crippen LogP contribution >= 0.6 is 24.0 Å². The zero-order valence-corrected chi connectivity index (χ0v) is 22.6. The third kappa shape index (κ3) is 11.4. The van der Waals surface area contributed by atoms with Crippen LogP contribution in [0.5, 0.6) is 0 Å². The molecule has 1 saturated heterocycles. The van der Waals surface area contributed by atoms with Gasteiger partial charge in [0.1, 0.15) is 9.84 Å². The van der Waals surface area contributed by atoms with E-state index in [0.29, 0.717) is 6.42 Å². The van der Waals surface area contributed by atoms with E-state index in [-0.39, 0.29) is 35.8 Å². The summed E-state index contributed by atoms with van der Waals surface area (Å²) in [6.45, 7) is 13.0. The fourth-order valence-electron chi connectivity index (χ4n) is 3.56. The lowest BCUT2D eigenvalue weighted by atomic mass is 10.2. The van der Waals surface area contributed by atoms with Crippen LogP contribution in [-0.2, 0) is 9.84 Å². The van der Waals surface area contributed by atoms with Gasteiger partial charge < -0.3 is 15.5 Å². The first-order chi connectivity index (χ1) is 14.3. The van der Waals surface area contributed by atoms with E-state index in [1.54, 1.807) is 0 Å². The van der Waals surface area contributed by atoms with Gasteiger partial charge >= 0.3 is 0 Å². The Kier molecular flexibility index (Phi) is 12.8. The van der Waals surface area contributed by atoms with Crippen LogP contribution in [0.1, 0.15) is 32.3 Å². The van der Waals surface area contributed by atoms with Gasteiger partial charge in [0.2, 0.25) is 0 Å². The predicted octanol–water partition coefficient (Wildman–Crippen LogP) is 2.50. The number of guanidine groups is 1. The quantitative estimate of drug-likeness (QED) is 0.197. The summed E-state index contributed by atoms with van der Waals surface area (Å²) in [7, 11) is -2.93. The lowest BCUT2D eigenvalue weighted by molar-refractivity contribution is 0.256. The molecule has 1 fully saturated rings. The van der Waals surface area contributed by atoms with Crippen LogP contribution in [0.15, 0.2) is 29.3 Å². The Morgan fingerprint density at radius 2 is 1.94 bits per heavy atom. The molecule has 178 valence electrons. The predicted molar refractivity (Wildman–Crippen MR) is 143 cm³/mol. The van der Waals surface area contributed by atoms with Gasteiger partial charge in [-0.25, -0.2) is 8.42 Å². The maximum atomic E-state index is 11.3. The van der Waals surface area contributed by atoms with Crippen molar-refractivity contribution in [1.82, 2.24) is 15.5 Å². The monoisotopic (exact) mass is 565 g/mol. The SMILES string of the molecule is CCNC(=NCCCN1CCN(c2cccc(C)c2)CC1)NC(C)CCS(C)(=O)=O.I. The first-order valence-electron chi connectivity index (χ1n) is 11.0. The molecule has 1 atom stereocenters. The summed E-state index contributed by atoms with van der Waals surface area (Å²) >= 11 is 0. The minimum atomic E-state index is -2.93. The molecule has 2 N–H and O–H groups in total. The first-order valence-corrected chi connectivity index (χ1v) is 13.1. The number of hydrogen-bond donors (Lipinski definition) is 2. The fraction of sp³-hybridized carbons (Fsp3) is 0.682. The average molecular weight is 566 g/mol. The molecule has 0 radical (unpaired) electrons. The van der Waals surface area contributed by atoms with E-state index in [9.17, 15) is 8.42 Å². The Bertz CT molecular complexity index is 780. The zero-order valence-electron chi connectivity index (χ0n) is 19.4. The van der Waals surface area contributed by atoms with Crippen molar-refractivity contribution in [3.05, 3.63) is 29.8 Å². The number of halogens is 1. The Labute approximate surface area is 206 Å². The summed E-state index contributed by atoms with van der Waals surface area (Å²) in [6.07, 6.45) is 2.87.